The lowest BCUT2D eigenvalue weighted by Gasteiger charge is -2.52. The van der Waals surface area contributed by atoms with Gasteiger partial charge in [-0.05, 0) is 56.9 Å². The Morgan fingerprint density at radius 1 is 1.17 bits per heavy atom. The summed E-state index contributed by atoms with van der Waals surface area (Å²) in [5.41, 5.74) is 3.63. The zero-order valence-electron chi connectivity index (χ0n) is 21.0. The summed E-state index contributed by atoms with van der Waals surface area (Å²) in [6.45, 7) is 9.87. The van der Waals surface area contributed by atoms with Gasteiger partial charge in [0.25, 0.3) is 0 Å². The predicted molar refractivity (Wildman–Crippen MR) is 138 cm³/mol. The Hall–Kier alpha value is -3.28. The molecule has 3 aliphatic heterocycles. The van der Waals surface area contributed by atoms with Crippen LogP contribution < -0.4 is 10.2 Å². The number of nitriles is 1. The number of fused-ring (bicyclic) bond motifs is 4. The smallest absolute Gasteiger partial charge is 0.157 e. The number of pyridine rings is 1. The van der Waals surface area contributed by atoms with Crippen molar-refractivity contribution < 1.29 is 4.74 Å². The molecule has 3 aromatic rings. The molecule has 1 N–H and O–H groups in total. The molecule has 6 rings (SSSR count). The first-order valence-corrected chi connectivity index (χ1v) is 12.4. The third kappa shape index (κ3) is 4.42. The highest BCUT2D eigenvalue weighted by Gasteiger charge is 2.39. The maximum atomic E-state index is 9.43. The topological polar surface area (TPSA) is 90.2 Å². The maximum Gasteiger partial charge on any atom is 0.157 e. The average Bonchev–Trinajstić information content (AvgIpc) is 2.89. The van der Waals surface area contributed by atoms with Gasteiger partial charge in [0.05, 0.1) is 30.0 Å². The summed E-state index contributed by atoms with van der Waals surface area (Å²) in [5, 5.41) is 23.9. The van der Waals surface area contributed by atoms with Crippen LogP contribution in [0, 0.1) is 25.2 Å². The average molecular weight is 472 g/mol. The first kappa shape index (κ1) is 23.5. The Labute approximate surface area is 206 Å². The summed E-state index contributed by atoms with van der Waals surface area (Å²) in [4.78, 5) is 9.90. The number of aromatic nitrogens is 3. The van der Waals surface area contributed by atoms with Crippen molar-refractivity contribution in [2.24, 2.45) is 0 Å². The van der Waals surface area contributed by atoms with Gasteiger partial charge >= 0.3 is 0 Å². The van der Waals surface area contributed by atoms with Gasteiger partial charge in [0, 0.05) is 55.8 Å². The number of piperazine rings is 1. The first-order valence-electron chi connectivity index (χ1n) is 12.4. The summed E-state index contributed by atoms with van der Waals surface area (Å²) in [7, 11) is 1.77. The molecule has 182 valence electrons. The van der Waals surface area contributed by atoms with E-state index in [4.69, 9.17) is 9.72 Å². The Morgan fingerprint density at radius 3 is 2.74 bits per heavy atom. The number of hydrogen-bond acceptors (Lipinski definition) is 8. The molecule has 8 nitrogen and oxygen atoms in total. The van der Waals surface area contributed by atoms with Crippen LogP contribution in [0.2, 0.25) is 0 Å². The quantitative estimate of drug-likeness (QED) is 0.553. The molecule has 0 saturated carbocycles. The lowest BCUT2D eigenvalue weighted by molar-refractivity contribution is 0.0641. The van der Waals surface area contributed by atoms with Gasteiger partial charge in [-0.25, -0.2) is 4.98 Å². The van der Waals surface area contributed by atoms with Crippen LogP contribution in [0.15, 0.2) is 30.5 Å². The zero-order chi connectivity index (χ0) is 24.5. The molecule has 0 amide bonds. The van der Waals surface area contributed by atoms with Crippen LogP contribution in [0.4, 0.5) is 11.6 Å². The molecular formula is C27H33N7O. The fraction of sp³-hybridized carbons (Fsp3) is 0.481. The molecule has 0 unspecified atom stereocenters. The number of benzene rings is 1. The lowest BCUT2D eigenvalue weighted by Crippen LogP contribution is -2.63. The molecule has 35 heavy (non-hydrogen) atoms. The Kier molecular flexibility index (Phi) is 6.54. The Morgan fingerprint density at radius 2 is 2.00 bits per heavy atom. The Balaban J connectivity index is 1.44. The van der Waals surface area contributed by atoms with Crippen molar-refractivity contribution in [2.75, 3.05) is 43.6 Å². The second-order valence-corrected chi connectivity index (χ2v) is 9.74. The molecule has 2 aromatic heterocycles. The lowest BCUT2D eigenvalue weighted by atomic mass is 9.90. The van der Waals surface area contributed by atoms with Crippen LogP contribution in [0.25, 0.3) is 10.8 Å². The van der Waals surface area contributed by atoms with Crippen molar-refractivity contribution in [3.8, 4) is 6.07 Å². The van der Waals surface area contributed by atoms with Crippen molar-refractivity contribution >= 4 is 22.4 Å². The van der Waals surface area contributed by atoms with Crippen LogP contribution in [0.1, 0.15) is 48.2 Å². The minimum absolute atomic E-state index is 0.0273. The Bertz CT molecular complexity index is 1270. The third-order valence-electron chi connectivity index (χ3n) is 7.67. The summed E-state index contributed by atoms with van der Waals surface area (Å²) in [6, 6.07) is 11.3. The van der Waals surface area contributed by atoms with Crippen LogP contribution >= 0.6 is 0 Å². The van der Waals surface area contributed by atoms with E-state index in [-0.39, 0.29) is 6.04 Å². The van der Waals surface area contributed by atoms with Crippen molar-refractivity contribution in [1.29, 1.82) is 5.26 Å². The third-order valence-corrected chi connectivity index (χ3v) is 7.67. The molecule has 2 bridgehead atoms. The second kappa shape index (κ2) is 9.76. The van der Waals surface area contributed by atoms with Gasteiger partial charge in [-0.1, -0.05) is 12.1 Å². The summed E-state index contributed by atoms with van der Waals surface area (Å²) in [5.74, 6) is 1.75. The predicted octanol–water partition coefficient (Wildman–Crippen LogP) is 3.99. The van der Waals surface area contributed by atoms with Gasteiger partial charge < -0.3 is 15.0 Å². The number of methoxy groups -OCH3 is 1. The number of aryl methyl sites for hydroxylation is 1. The van der Waals surface area contributed by atoms with Crippen molar-refractivity contribution in [3.63, 3.8) is 0 Å². The number of ether oxygens (including phenoxy) is 1. The van der Waals surface area contributed by atoms with Crippen molar-refractivity contribution in [2.45, 2.75) is 51.7 Å². The number of hydrogen-bond donors (Lipinski definition) is 1. The van der Waals surface area contributed by atoms with E-state index in [1.165, 1.54) is 12.8 Å². The highest BCUT2D eigenvalue weighted by Crippen LogP contribution is 2.35. The van der Waals surface area contributed by atoms with Gasteiger partial charge in [0.1, 0.15) is 5.82 Å². The van der Waals surface area contributed by atoms with E-state index in [1.807, 2.05) is 32.2 Å². The largest absolute Gasteiger partial charge is 0.383 e. The van der Waals surface area contributed by atoms with Crippen LogP contribution in [-0.4, -0.2) is 65.5 Å². The van der Waals surface area contributed by atoms with E-state index in [9.17, 15) is 5.26 Å². The van der Waals surface area contributed by atoms with Gasteiger partial charge in [-0.15, -0.1) is 5.10 Å². The number of nitrogens with one attached hydrogen (secondary N) is 1. The molecule has 8 heteroatoms. The fourth-order valence-corrected chi connectivity index (χ4v) is 5.63. The monoisotopic (exact) mass is 471 g/mol. The molecule has 1 aromatic carbocycles. The summed E-state index contributed by atoms with van der Waals surface area (Å²) < 4.78 is 5.32. The van der Waals surface area contributed by atoms with E-state index in [1.54, 1.807) is 7.11 Å². The summed E-state index contributed by atoms with van der Waals surface area (Å²) >= 11 is 0. The number of nitrogens with zero attached hydrogens (tertiary/aromatic N) is 6. The molecule has 0 aliphatic carbocycles. The molecule has 3 aliphatic rings. The minimum atomic E-state index is -0.0273. The van der Waals surface area contributed by atoms with Crippen LogP contribution in [0.5, 0.6) is 0 Å². The number of anilines is 2. The molecule has 3 atom stereocenters. The number of piperidine rings is 2. The van der Waals surface area contributed by atoms with Crippen LogP contribution in [-0.2, 0) is 4.74 Å². The van der Waals surface area contributed by atoms with E-state index in [0.717, 1.165) is 65.5 Å². The van der Waals surface area contributed by atoms with Gasteiger partial charge in [0.15, 0.2) is 5.82 Å². The molecule has 3 fully saturated rings. The van der Waals surface area contributed by atoms with Gasteiger partial charge in [-0.2, -0.15) is 10.4 Å². The molecule has 3 saturated heterocycles. The summed E-state index contributed by atoms with van der Waals surface area (Å²) in [6.07, 6.45) is 4.36. The van der Waals surface area contributed by atoms with Crippen molar-refractivity contribution in [1.82, 2.24) is 20.1 Å². The minimum Gasteiger partial charge on any atom is -0.383 e. The van der Waals surface area contributed by atoms with E-state index in [2.05, 4.69) is 50.4 Å². The first-order chi connectivity index (χ1) is 17.0. The molecule has 0 radical (unpaired) electrons. The van der Waals surface area contributed by atoms with Crippen LogP contribution in [0.3, 0.4) is 0 Å². The maximum absolute atomic E-state index is 9.43. The van der Waals surface area contributed by atoms with Crippen molar-refractivity contribution in [3.05, 3.63) is 52.8 Å². The molecule has 5 heterocycles. The normalized spacial score (nSPS) is 20.7. The zero-order valence-corrected chi connectivity index (χ0v) is 21.0. The highest BCUT2D eigenvalue weighted by molar-refractivity contribution is 5.94. The molecule has 0 spiro atoms. The fourth-order valence-electron chi connectivity index (χ4n) is 5.63. The molecular weight excluding hydrogens is 438 g/mol. The SMILES string of the molecule is COCCN1C[C@H]2CC[C@@H]1CN2c1cc2c(N[C@H](C)c3cccc(C#N)c3C)nnc(C)c2cn1. The second-order valence-electron chi connectivity index (χ2n) is 9.74. The number of rotatable bonds is 7. The van der Waals surface area contributed by atoms with Gasteiger partial charge in [-0.3, -0.25) is 4.90 Å². The van der Waals surface area contributed by atoms with E-state index in [0.29, 0.717) is 17.6 Å². The highest BCUT2D eigenvalue weighted by atomic mass is 16.5. The van der Waals surface area contributed by atoms with E-state index >= 15 is 0 Å². The standard InChI is InChI=1S/C27H33N7O/c1-17-20(13-28)6-5-7-23(17)18(2)30-27-24-12-26(29-14-25(24)19(3)31-32-27)34-16-21-8-9-22(34)15-33(21)10-11-35-4/h5-7,12,14,18,21-22H,8-11,15-16H2,1-4H3,(H,30,32)/t18-,21-,22-/m1/s1. The van der Waals surface area contributed by atoms with E-state index < -0.39 is 0 Å². The van der Waals surface area contributed by atoms with Gasteiger partial charge in [0.2, 0.25) is 0 Å².